The van der Waals surface area contributed by atoms with Crippen LogP contribution in [0.5, 0.6) is 0 Å². The van der Waals surface area contributed by atoms with Crippen LogP contribution in [0.4, 0.5) is 0 Å². The van der Waals surface area contributed by atoms with Crippen LogP contribution >= 0.6 is 0 Å². The monoisotopic (exact) mass is 236 g/mol. The van der Waals surface area contributed by atoms with Crippen LogP contribution in [0.1, 0.15) is 25.7 Å². The molecule has 0 aliphatic heterocycles. The summed E-state index contributed by atoms with van der Waals surface area (Å²) in [7, 11) is 0. The second kappa shape index (κ2) is 14.6. The molecule has 0 heterocycles. The van der Waals surface area contributed by atoms with Crippen LogP contribution in [0, 0.1) is 35.5 Å². The highest BCUT2D eigenvalue weighted by Crippen LogP contribution is 2.00. The lowest BCUT2D eigenvalue weighted by Crippen LogP contribution is -1.70. The molecule has 0 fully saturated rings. The van der Waals surface area contributed by atoms with Gasteiger partial charge in [-0.05, 0) is 61.7 Å². The molecule has 0 saturated carbocycles. The van der Waals surface area contributed by atoms with E-state index in [1.165, 1.54) is 12.5 Å². The largest absolute Gasteiger partial charge is 0.289 e. The van der Waals surface area contributed by atoms with Gasteiger partial charge < -0.3 is 0 Å². The zero-order valence-corrected chi connectivity index (χ0v) is 10.4. The van der Waals surface area contributed by atoms with E-state index in [0.717, 1.165) is 19.3 Å². The van der Waals surface area contributed by atoms with E-state index in [1.54, 1.807) is 6.08 Å². The van der Waals surface area contributed by atoms with Crippen molar-refractivity contribution in [3.8, 4) is 35.5 Å². The molecule has 0 saturated heterocycles. The Hall–Kier alpha value is -2.43. The minimum absolute atomic E-state index is 0.539. The molecule has 18 heavy (non-hydrogen) atoms. The molecule has 90 valence electrons. The summed E-state index contributed by atoms with van der Waals surface area (Å²) in [6.07, 6.45) is 13.9. The van der Waals surface area contributed by atoms with E-state index in [1.807, 2.05) is 18.2 Å². The standard InChI is InChI=1S/C17H16O/c1-2-3-4-5-6-7-8-9-10-11-12-13-14-15-16-17-18/h2,7-8,13-14,17H,1,3-6H2. The fourth-order valence-corrected chi connectivity index (χ4v) is 1.01. The molecule has 0 aliphatic rings. The number of aldehydes is 1. The fraction of sp³-hybridized carbons (Fsp3) is 0.235. The van der Waals surface area contributed by atoms with Gasteiger partial charge in [0.1, 0.15) is 0 Å². The first kappa shape index (κ1) is 15.6. The van der Waals surface area contributed by atoms with Crippen LogP contribution in [0.15, 0.2) is 37.0 Å². The summed E-state index contributed by atoms with van der Waals surface area (Å²) in [6, 6.07) is 0. The SMILES string of the molecule is C=CCCCCC=CC#CC#CC=CC#CC=O. The zero-order chi connectivity index (χ0) is 13.3. The van der Waals surface area contributed by atoms with Crippen LogP contribution in [-0.4, -0.2) is 6.29 Å². The number of hydrogen-bond acceptors (Lipinski definition) is 1. The van der Waals surface area contributed by atoms with Gasteiger partial charge in [0.15, 0.2) is 6.29 Å². The summed E-state index contributed by atoms with van der Waals surface area (Å²) in [5.74, 6) is 15.6. The number of unbranched alkanes of at least 4 members (excludes halogenated alkanes) is 3. The molecule has 0 rings (SSSR count). The van der Waals surface area contributed by atoms with Crippen LogP contribution < -0.4 is 0 Å². The first-order valence-electron chi connectivity index (χ1n) is 5.78. The average molecular weight is 236 g/mol. The lowest BCUT2D eigenvalue weighted by atomic mass is 10.2. The van der Waals surface area contributed by atoms with Crippen molar-refractivity contribution in [1.29, 1.82) is 0 Å². The Kier molecular flexibility index (Phi) is 12.6. The van der Waals surface area contributed by atoms with E-state index in [0.29, 0.717) is 6.29 Å². The van der Waals surface area contributed by atoms with E-state index in [9.17, 15) is 4.79 Å². The van der Waals surface area contributed by atoms with Gasteiger partial charge in [-0.3, -0.25) is 4.79 Å². The zero-order valence-electron chi connectivity index (χ0n) is 10.4. The third-order valence-corrected chi connectivity index (χ3v) is 1.83. The Labute approximate surface area is 110 Å². The summed E-state index contributed by atoms with van der Waals surface area (Å²) in [4.78, 5) is 9.85. The molecule has 0 aromatic carbocycles. The smallest absolute Gasteiger partial charge is 0.193 e. The lowest BCUT2D eigenvalue weighted by Gasteiger charge is -1.90. The first-order chi connectivity index (χ1) is 8.91. The van der Waals surface area contributed by atoms with Crippen LogP contribution in [0.2, 0.25) is 0 Å². The van der Waals surface area contributed by atoms with Gasteiger partial charge in [-0.25, -0.2) is 0 Å². The van der Waals surface area contributed by atoms with Crippen molar-refractivity contribution in [3.05, 3.63) is 37.0 Å². The van der Waals surface area contributed by atoms with Crippen molar-refractivity contribution in [2.75, 3.05) is 0 Å². The minimum atomic E-state index is 0.539. The van der Waals surface area contributed by atoms with Gasteiger partial charge in [0.2, 0.25) is 0 Å². The molecular formula is C17H16O. The number of hydrogen-bond donors (Lipinski definition) is 0. The second-order valence-corrected chi connectivity index (χ2v) is 3.25. The summed E-state index contributed by atoms with van der Waals surface area (Å²) < 4.78 is 0. The molecular weight excluding hydrogens is 220 g/mol. The van der Waals surface area contributed by atoms with Crippen LogP contribution in [-0.2, 0) is 4.79 Å². The van der Waals surface area contributed by atoms with Crippen molar-refractivity contribution in [1.82, 2.24) is 0 Å². The Morgan fingerprint density at radius 3 is 2.22 bits per heavy atom. The summed E-state index contributed by atoms with van der Waals surface area (Å²) in [6.45, 7) is 3.67. The molecule has 0 aromatic rings. The topological polar surface area (TPSA) is 17.1 Å². The lowest BCUT2D eigenvalue weighted by molar-refractivity contribution is -0.103. The van der Waals surface area contributed by atoms with Crippen molar-refractivity contribution < 1.29 is 4.79 Å². The molecule has 1 heteroatoms. The Bertz CT molecular complexity index is 473. The normalized spacial score (nSPS) is 8.67. The number of allylic oxidation sites excluding steroid dienone is 5. The van der Waals surface area contributed by atoms with E-state index < -0.39 is 0 Å². The summed E-state index contributed by atoms with van der Waals surface area (Å²) in [5.41, 5.74) is 0. The van der Waals surface area contributed by atoms with Gasteiger partial charge in [0.25, 0.3) is 0 Å². The summed E-state index contributed by atoms with van der Waals surface area (Å²) >= 11 is 0. The molecule has 0 amide bonds. The van der Waals surface area contributed by atoms with E-state index in [2.05, 4.69) is 42.1 Å². The Morgan fingerprint density at radius 1 is 0.833 bits per heavy atom. The number of carbonyl (C=O) groups is 1. The maximum absolute atomic E-state index is 9.85. The van der Waals surface area contributed by atoms with Gasteiger partial charge in [-0.1, -0.05) is 29.9 Å². The Balaban J connectivity index is 3.74. The number of rotatable bonds is 5. The highest BCUT2D eigenvalue weighted by Gasteiger charge is 1.80. The molecule has 0 aliphatic carbocycles. The molecule has 0 radical (unpaired) electrons. The fourth-order valence-electron chi connectivity index (χ4n) is 1.01. The minimum Gasteiger partial charge on any atom is -0.289 e. The molecule has 0 unspecified atom stereocenters. The molecule has 0 N–H and O–H groups in total. The van der Waals surface area contributed by atoms with Crippen molar-refractivity contribution in [2.45, 2.75) is 25.7 Å². The molecule has 0 bridgehead atoms. The third kappa shape index (κ3) is 13.6. The number of carbonyl (C=O) groups excluding carboxylic acids is 1. The van der Waals surface area contributed by atoms with Gasteiger partial charge in [0, 0.05) is 0 Å². The molecule has 0 spiro atoms. The quantitative estimate of drug-likeness (QED) is 0.310. The van der Waals surface area contributed by atoms with Crippen molar-refractivity contribution in [2.24, 2.45) is 0 Å². The average Bonchev–Trinajstić information content (AvgIpc) is 2.39. The second-order valence-electron chi connectivity index (χ2n) is 3.25. The predicted molar refractivity (Wildman–Crippen MR) is 76.3 cm³/mol. The highest BCUT2D eigenvalue weighted by molar-refractivity contribution is 5.73. The maximum Gasteiger partial charge on any atom is 0.193 e. The van der Waals surface area contributed by atoms with E-state index in [4.69, 9.17) is 0 Å². The maximum atomic E-state index is 9.85. The van der Waals surface area contributed by atoms with Gasteiger partial charge in [0.05, 0.1) is 0 Å². The third-order valence-electron chi connectivity index (χ3n) is 1.83. The summed E-state index contributed by atoms with van der Waals surface area (Å²) in [5, 5.41) is 0. The van der Waals surface area contributed by atoms with E-state index in [-0.39, 0.29) is 0 Å². The molecule has 0 atom stereocenters. The van der Waals surface area contributed by atoms with Gasteiger partial charge in [-0.2, -0.15) is 0 Å². The predicted octanol–water partition coefficient (Wildman–Crippen LogP) is 3.05. The molecule has 0 aromatic heterocycles. The first-order valence-corrected chi connectivity index (χ1v) is 5.78. The van der Waals surface area contributed by atoms with Crippen LogP contribution in [0.25, 0.3) is 0 Å². The highest BCUT2D eigenvalue weighted by atomic mass is 16.1. The van der Waals surface area contributed by atoms with Gasteiger partial charge in [-0.15, -0.1) is 6.58 Å². The Morgan fingerprint density at radius 2 is 1.50 bits per heavy atom. The molecule has 1 nitrogen and oxygen atoms in total. The van der Waals surface area contributed by atoms with E-state index >= 15 is 0 Å². The van der Waals surface area contributed by atoms with Gasteiger partial charge >= 0.3 is 0 Å². The van der Waals surface area contributed by atoms with Crippen molar-refractivity contribution >= 4 is 6.29 Å². The van der Waals surface area contributed by atoms with Crippen molar-refractivity contribution in [3.63, 3.8) is 0 Å². The van der Waals surface area contributed by atoms with Crippen LogP contribution in [0.3, 0.4) is 0 Å².